The number of rotatable bonds is 7. The molecule has 0 aromatic heterocycles. The third-order valence-electron chi connectivity index (χ3n) is 6.37. The molecule has 0 saturated carbocycles. The average Bonchev–Trinajstić information content (AvgIpc) is 2.99. The van der Waals surface area contributed by atoms with Crippen LogP contribution in [0, 0.1) is 17.1 Å². The first-order valence-electron chi connectivity index (χ1n) is 12.1. The minimum Gasteiger partial charge on any atom is -0.466 e. The van der Waals surface area contributed by atoms with Gasteiger partial charge in [-0.3, -0.25) is 9.69 Å². The number of anilines is 1. The van der Waals surface area contributed by atoms with Crippen LogP contribution in [0.15, 0.2) is 102 Å². The molecule has 3 aromatic carbocycles. The highest BCUT2D eigenvalue weighted by Crippen LogP contribution is 2.43. The van der Waals surface area contributed by atoms with Crippen LogP contribution in [0.4, 0.5) is 10.1 Å². The van der Waals surface area contributed by atoms with Crippen molar-refractivity contribution in [3.63, 3.8) is 0 Å². The van der Waals surface area contributed by atoms with Crippen molar-refractivity contribution in [1.82, 2.24) is 5.32 Å². The standard InChI is InChI=1S/C30H25FN4O5/c1-39-29(37)25-24(19-8-4-3-5-9-19)22(16-32)27(33)35(26(25)30(38)40-2)23-11-7-6-10-21(23)28(36)34-17-18-12-14-20(31)15-13-18/h3-15,24H,17,33H2,1-2H3,(H,34,36). The van der Waals surface area contributed by atoms with Crippen LogP contribution < -0.4 is 16.0 Å². The number of nitrogens with zero attached hydrogens (tertiary/aromatic N) is 2. The Labute approximate surface area is 229 Å². The van der Waals surface area contributed by atoms with E-state index in [-0.39, 0.29) is 40.5 Å². The highest BCUT2D eigenvalue weighted by Gasteiger charge is 2.43. The van der Waals surface area contributed by atoms with Crippen LogP contribution in [-0.2, 0) is 25.6 Å². The number of nitrogens with one attached hydrogen (secondary N) is 1. The van der Waals surface area contributed by atoms with E-state index in [1.54, 1.807) is 42.5 Å². The molecule has 0 bridgehead atoms. The number of amides is 1. The second kappa shape index (κ2) is 12.0. The Morgan fingerprint density at radius 1 is 0.950 bits per heavy atom. The average molecular weight is 541 g/mol. The number of carbonyl (C=O) groups excluding carboxylic acids is 3. The number of nitrogens with two attached hydrogens (primary N) is 1. The molecule has 1 atom stereocenters. The third kappa shape index (κ3) is 5.26. The summed E-state index contributed by atoms with van der Waals surface area (Å²) in [6.07, 6.45) is 0. The van der Waals surface area contributed by atoms with Crippen molar-refractivity contribution in [2.24, 2.45) is 5.73 Å². The molecule has 40 heavy (non-hydrogen) atoms. The summed E-state index contributed by atoms with van der Waals surface area (Å²) in [5.74, 6) is -3.95. The minimum absolute atomic E-state index is 0.0271. The number of hydrogen-bond donors (Lipinski definition) is 2. The third-order valence-corrected chi connectivity index (χ3v) is 6.37. The normalized spacial score (nSPS) is 14.8. The lowest BCUT2D eigenvalue weighted by Crippen LogP contribution is -2.41. The lowest BCUT2D eigenvalue weighted by atomic mass is 9.80. The number of allylic oxidation sites excluding steroid dienone is 1. The van der Waals surface area contributed by atoms with E-state index in [0.717, 1.165) is 14.2 Å². The zero-order valence-corrected chi connectivity index (χ0v) is 21.7. The van der Waals surface area contributed by atoms with E-state index in [1.165, 1.54) is 41.3 Å². The molecule has 10 heteroatoms. The number of ether oxygens (including phenoxy) is 2. The first kappa shape index (κ1) is 27.6. The molecule has 1 heterocycles. The van der Waals surface area contributed by atoms with Gasteiger partial charge in [-0.05, 0) is 35.4 Å². The summed E-state index contributed by atoms with van der Waals surface area (Å²) >= 11 is 0. The van der Waals surface area contributed by atoms with Crippen molar-refractivity contribution in [1.29, 1.82) is 5.26 Å². The molecule has 9 nitrogen and oxygen atoms in total. The lowest BCUT2D eigenvalue weighted by molar-refractivity contribution is -0.139. The molecule has 4 rings (SSSR count). The Hall–Kier alpha value is -5.43. The van der Waals surface area contributed by atoms with Gasteiger partial charge in [0, 0.05) is 6.54 Å². The van der Waals surface area contributed by atoms with Crippen LogP contribution in [-0.4, -0.2) is 32.1 Å². The SMILES string of the molecule is COC(=O)C1=C(C(=O)OC)N(c2ccccc2C(=O)NCc2ccc(F)cc2)C(N)=C(C#N)C1c1ccccc1. The molecule has 0 spiro atoms. The van der Waals surface area contributed by atoms with Gasteiger partial charge in [-0.25, -0.2) is 14.0 Å². The van der Waals surface area contributed by atoms with Gasteiger partial charge in [0.25, 0.3) is 5.91 Å². The molecule has 3 N–H and O–H groups in total. The van der Waals surface area contributed by atoms with E-state index in [2.05, 4.69) is 11.4 Å². The summed E-state index contributed by atoms with van der Waals surface area (Å²) in [4.78, 5) is 41.1. The Bertz CT molecular complexity index is 1560. The largest absolute Gasteiger partial charge is 0.466 e. The van der Waals surface area contributed by atoms with E-state index in [9.17, 15) is 24.0 Å². The molecule has 1 amide bonds. The number of benzene rings is 3. The van der Waals surface area contributed by atoms with Crippen LogP contribution in [0.2, 0.25) is 0 Å². The minimum atomic E-state index is -1.04. The monoisotopic (exact) mass is 540 g/mol. The Morgan fingerprint density at radius 2 is 1.57 bits per heavy atom. The van der Waals surface area contributed by atoms with Crippen molar-refractivity contribution >= 4 is 23.5 Å². The van der Waals surface area contributed by atoms with Gasteiger partial charge in [0.15, 0.2) is 0 Å². The molecule has 1 aliphatic heterocycles. The maximum Gasteiger partial charge on any atom is 0.355 e. The summed E-state index contributed by atoms with van der Waals surface area (Å²) in [6, 6.07) is 22.6. The van der Waals surface area contributed by atoms with Crippen LogP contribution in [0.1, 0.15) is 27.4 Å². The van der Waals surface area contributed by atoms with Crippen LogP contribution in [0.5, 0.6) is 0 Å². The summed E-state index contributed by atoms with van der Waals surface area (Å²) in [7, 11) is 2.29. The number of para-hydroxylation sites is 1. The Kier molecular flexibility index (Phi) is 8.25. The van der Waals surface area contributed by atoms with E-state index in [0.29, 0.717) is 11.1 Å². The second-order valence-electron chi connectivity index (χ2n) is 8.66. The number of methoxy groups -OCH3 is 2. The lowest BCUT2D eigenvalue weighted by Gasteiger charge is -2.36. The van der Waals surface area contributed by atoms with E-state index in [4.69, 9.17) is 15.2 Å². The maximum atomic E-state index is 13.4. The molecule has 0 aliphatic carbocycles. The zero-order chi connectivity index (χ0) is 28.8. The topological polar surface area (TPSA) is 135 Å². The molecule has 3 aromatic rings. The van der Waals surface area contributed by atoms with Crippen LogP contribution >= 0.6 is 0 Å². The highest BCUT2D eigenvalue weighted by atomic mass is 19.1. The first-order valence-corrected chi connectivity index (χ1v) is 12.1. The van der Waals surface area contributed by atoms with Gasteiger partial charge >= 0.3 is 11.9 Å². The van der Waals surface area contributed by atoms with E-state index < -0.39 is 29.6 Å². The molecule has 0 saturated heterocycles. The summed E-state index contributed by atoms with van der Waals surface area (Å²) in [6.45, 7) is 0.0887. The fraction of sp³-hybridized carbons (Fsp3) is 0.133. The number of carbonyl (C=O) groups is 3. The van der Waals surface area contributed by atoms with Crippen LogP contribution in [0.3, 0.4) is 0 Å². The van der Waals surface area contributed by atoms with Gasteiger partial charge in [-0.1, -0.05) is 54.6 Å². The fourth-order valence-electron chi connectivity index (χ4n) is 4.50. The van der Waals surface area contributed by atoms with Gasteiger partial charge in [0.1, 0.15) is 17.3 Å². The van der Waals surface area contributed by atoms with Gasteiger partial charge in [0.05, 0.1) is 48.6 Å². The molecule has 202 valence electrons. The Balaban J connectivity index is 1.89. The predicted octanol–water partition coefficient (Wildman–Crippen LogP) is 3.65. The molecule has 0 fully saturated rings. The highest BCUT2D eigenvalue weighted by molar-refractivity contribution is 6.08. The number of halogens is 1. The predicted molar refractivity (Wildman–Crippen MR) is 144 cm³/mol. The van der Waals surface area contributed by atoms with Gasteiger partial charge in [-0.15, -0.1) is 0 Å². The van der Waals surface area contributed by atoms with E-state index in [1.807, 2.05) is 0 Å². The molecule has 0 radical (unpaired) electrons. The van der Waals surface area contributed by atoms with Gasteiger partial charge in [-0.2, -0.15) is 5.26 Å². The van der Waals surface area contributed by atoms with Crippen molar-refractivity contribution < 1.29 is 28.2 Å². The maximum absolute atomic E-state index is 13.4. The molecule has 1 unspecified atom stereocenters. The summed E-state index contributed by atoms with van der Waals surface area (Å²) < 4.78 is 23.4. The first-order chi connectivity index (χ1) is 19.3. The Morgan fingerprint density at radius 3 is 2.20 bits per heavy atom. The number of esters is 2. The molecule has 1 aliphatic rings. The van der Waals surface area contributed by atoms with Crippen molar-refractivity contribution in [3.05, 3.63) is 124 Å². The van der Waals surface area contributed by atoms with Gasteiger partial charge in [0.2, 0.25) is 0 Å². The summed E-state index contributed by atoms with van der Waals surface area (Å²) in [5.41, 5.74) is 7.45. The van der Waals surface area contributed by atoms with Crippen molar-refractivity contribution in [2.75, 3.05) is 19.1 Å². The van der Waals surface area contributed by atoms with Crippen molar-refractivity contribution in [3.8, 4) is 6.07 Å². The van der Waals surface area contributed by atoms with Crippen molar-refractivity contribution in [2.45, 2.75) is 12.5 Å². The molecular formula is C30H25FN4O5. The number of hydrogen-bond acceptors (Lipinski definition) is 8. The van der Waals surface area contributed by atoms with E-state index >= 15 is 0 Å². The quantitative estimate of drug-likeness (QED) is 0.434. The zero-order valence-electron chi connectivity index (χ0n) is 21.7. The number of nitriles is 1. The molecular weight excluding hydrogens is 515 g/mol. The summed E-state index contributed by atoms with van der Waals surface area (Å²) in [5, 5.41) is 13.0. The second-order valence-corrected chi connectivity index (χ2v) is 8.66. The van der Waals surface area contributed by atoms with Gasteiger partial charge < -0.3 is 20.5 Å². The fourth-order valence-corrected chi connectivity index (χ4v) is 4.50. The van der Waals surface area contributed by atoms with Crippen LogP contribution in [0.25, 0.3) is 0 Å². The smallest absolute Gasteiger partial charge is 0.355 e.